The first-order valence-corrected chi connectivity index (χ1v) is 6.66. The highest BCUT2D eigenvalue weighted by Gasteiger charge is 2.17. The minimum atomic E-state index is -0.730. The quantitative estimate of drug-likeness (QED) is 0.306. The summed E-state index contributed by atoms with van der Waals surface area (Å²) in [6.07, 6.45) is 0. The molecule has 0 aliphatic carbocycles. The summed E-state index contributed by atoms with van der Waals surface area (Å²) >= 11 is 0. The van der Waals surface area contributed by atoms with Crippen LogP contribution in [-0.2, 0) is 0 Å². The van der Waals surface area contributed by atoms with E-state index in [4.69, 9.17) is 13.6 Å². The fourth-order valence-electron chi connectivity index (χ4n) is 2.62. The van der Waals surface area contributed by atoms with Crippen LogP contribution in [0.3, 0.4) is 0 Å². The van der Waals surface area contributed by atoms with E-state index in [0.717, 1.165) is 0 Å². The van der Waals surface area contributed by atoms with E-state index in [2.05, 4.69) is 0 Å². The topological polar surface area (TPSA) is 69.7 Å². The largest absolute Gasteiger partial charge is 0.493 e. The Kier molecular flexibility index (Phi) is 2.56. The molecule has 0 N–H and O–H groups in total. The average molecular weight is 294 g/mol. The molecule has 0 bridgehead atoms. The summed E-state index contributed by atoms with van der Waals surface area (Å²) < 4.78 is 16.3. The number of hydrogen-bond acceptors (Lipinski definition) is 5. The minimum Gasteiger partial charge on any atom is -0.493 e. The van der Waals surface area contributed by atoms with E-state index in [9.17, 15) is 9.59 Å². The Labute approximate surface area is 123 Å². The molecule has 22 heavy (non-hydrogen) atoms. The highest BCUT2D eigenvalue weighted by molar-refractivity contribution is 6.04. The van der Waals surface area contributed by atoms with Gasteiger partial charge in [0.15, 0.2) is 22.3 Å². The number of fused-ring (bicyclic) bond motifs is 4. The molecule has 2 heterocycles. The molecule has 0 amide bonds. The molecule has 0 aliphatic heterocycles. The molecule has 108 valence electrons. The SMILES string of the molecule is COc1cccc2c1oc(=O)c1c(=O)c3ccccc3oc12. The zero-order valence-electron chi connectivity index (χ0n) is 11.6. The normalized spacial score (nSPS) is 11.3. The second kappa shape index (κ2) is 4.46. The second-order valence-corrected chi connectivity index (χ2v) is 4.86. The predicted octanol–water partition coefficient (Wildman–Crippen LogP) is 3.06. The number of ether oxygens (including phenoxy) is 1. The van der Waals surface area contributed by atoms with E-state index in [-0.39, 0.29) is 16.6 Å². The van der Waals surface area contributed by atoms with Gasteiger partial charge in [-0.1, -0.05) is 18.2 Å². The van der Waals surface area contributed by atoms with Gasteiger partial charge in [-0.15, -0.1) is 0 Å². The molecule has 2 aromatic carbocycles. The van der Waals surface area contributed by atoms with Crippen LogP contribution < -0.4 is 15.8 Å². The number of benzene rings is 2. The second-order valence-electron chi connectivity index (χ2n) is 4.86. The van der Waals surface area contributed by atoms with Gasteiger partial charge >= 0.3 is 5.63 Å². The molecule has 4 rings (SSSR count). The average Bonchev–Trinajstić information content (AvgIpc) is 2.54. The fraction of sp³-hybridized carbons (Fsp3) is 0.0588. The van der Waals surface area contributed by atoms with Crippen molar-refractivity contribution in [1.82, 2.24) is 0 Å². The maximum atomic E-state index is 12.6. The number of para-hydroxylation sites is 2. The standard InChI is InChI=1S/C17H10O5/c1-20-12-8-4-6-10-15(12)22-17(19)13-14(18)9-5-2-3-7-11(9)21-16(10)13/h2-8H,1H3. The third kappa shape index (κ3) is 1.59. The van der Waals surface area contributed by atoms with Crippen molar-refractivity contribution in [2.75, 3.05) is 7.11 Å². The molecule has 0 saturated heterocycles. The van der Waals surface area contributed by atoms with Crippen molar-refractivity contribution in [2.24, 2.45) is 0 Å². The van der Waals surface area contributed by atoms with Crippen LogP contribution in [0.25, 0.3) is 32.9 Å². The summed E-state index contributed by atoms with van der Waals surface area (Å²) in [4.78, 5) is 24.8. The lowest BCUT2D eigenvalue weighted by Crippen LogP contribution is -2.13. The lowest BCUT2D eigenvalue weighted by Gasteiger charge is -2.06. The van der Waals surface area contributed by atoms with E-state index >= 15 is 0 Å². The third-order valence-corrected chi connectivity index (χ3v) is 3.64. The van der Waals surface area contributed by atoms with Gasteiger partial charge in [0.1, 0.15) is 5.58 Å². The predicted molar refractivity (Wildman–Crippen MR) is 82.6 cm³/mol. The highest BCUT2D eigenvalue weighted by Crippen LogP contribution is 2.30. The Hall–Kier alpha value is -3.08. The number of hydrogen-bond donors (Lipinski definition) is 0. The Balaban J connectivity index is 2.37. The van der Waals surface area contributed by atoms with Crippen LogP contribution in [0.2, 0.25) is 0 Å². The molecular formula is C17H10O5. The smallest absolute Gasteiger partial charge is 0.351 e. The van der Waals surface area contributed by atoms with E-state index in [1.807, 2.05) is 0 Å². The van der Waals surface area contributed by atoms with Gasteiger partial charge in [0.25, 0.3) is 0 Å². The van der Waals surface area contributed by atoms with Crippen molar-refractivity contribution < 1.29 is 13.6 Å². The van der Waals surface area contributed by atoms with Crippen molar-refractivity contribution in [1.29, 1.82) is 0 Å². The van der Waals surface area contributed by atoms with Crippen LogP contribution >= 0.6 is 0 Å². The molecule has 0 spiro atoms. The summed E-state index contributed by atoms with van der Waals surface area (Å²) in [6, 6.07) is 11.9. The van der Waals surface area contributed by atoms with Crippen LogP contribution in [-0.4, -0.2) is 7.11 Å². The van der Waals surface area contributed by atoms with E-state index in [1.165, 1.54) is 7.11 Å². The molecule has 4 aromatic rings. The summed E-state index contributed by atoms with van der Waals surface area (Å²) in [7, 11) is 1.48. The number of methoxy groups -OCH3 is 1. The summed E-state index contributed by atoms with van der Waals surface area (Å²) in [5.74, 6) is 0.410. The Morgan fingerprint density at radius 1 is 0.864 bits per heavy atom. The molecule has 0 radical (unpaired) electrons. The lowest BCUT2D eigenvalue weighted by molar-refractivity contribution is 0.407. The highest BCUT2D eigenvalue weighted by atomic mass is 16.5. The first-order chi connectivity index (χ1) is 10.7. The van der Waals surface area contributed by atoms with E-state index < -0.39 is 11.1 Å². The summed E-state index contributed by atoms with van der Waals surface area (Å²) in [5, 5.41) is 0.792. The van der Waals surface area contributed by atoms with Gasteiger partial charge in [-0.2, -0.15) is 0 Å². The number of rotatable bonds is 1. The summed E-state index contributed by atoms with van der Waals surface area (Å²) in [6.45, 7) is 0. The van der Waals surface area contributed by atoms with Gasteiger partial charge in [0.2, 0.25) is 5.43 Å². The van der Waals surface area contributed by atoms with Gasteiger partial charge in [0.05, 0.1) is 17.9 Å². The first kappa shape index (κ1) is 12.6. The molecule has 0 fully saturated rings. The molecular weight excluding hydrogens is 284 g/mol. The van der Waals surface area contributed by atoms with Crippen molar-refractivity contribution in [3.8, 4) is 5.75 Å². The maximum Gasteiger partial charge on any atom is 0.351 e. The van der Waals surface area contributed by atoms with Crippen molar-refractivity contribution >= 4 is 32.9 Å². The van der Waals surface area contributed by atoms with Crippen LogP contribution in [0.5, 0.6) is 5.75 Å². The first-order valence-electron chi connectivity index (χ1n) is 6.66. The zero-order valence-corrected chi connectivity index (χ0v) is 11.6. The van der Waals surface area contributed by atoms with E-state index in [0.29, 0.717) is 22.1 Å². The molecule has 0 aliphatic rings. The zero-order chi connectivity index (χ0) is 15.3. The Morgan fingerprint density at radius 2 is 1.64 bits per heavy atom. The van der Waals surface area contributed by atoms with Crippen LogP contribution in [0.1, 0.15) is 0 Å². The van der Waals surface area contributed by atoms with Crippen molar-refractivity contribution in [3.63, 3.8) is 0 Å². The van der Waals surface area contributed by atoms with Gasteiger partial charge in [-0.3, -0.25) is 4.79 Å². The van der Waals surface area contributed by atoms with Gasteiger partial charge < -0.3 is 13.6 Å². The molecule has 5 heteroatoms. The molecule has 0 saturated carbocycles. The molecule has 2 aromatic heterocycles. The van der Waals surface area contributed by atoms with Crippen molar-refractivity contribution in [3.05, 3.63) is 63.1 Å². The van der Waals surface area contributed by atoms with E-state index in [1.54, 1.807) is 42.5 Å². The molecule has 0 unspecified atom stereocenters. The van der Waals surface area contributed by atoms with Gasteiger partial charge in [-0.05, 0) is 24.3 Å². The maximum absolute atomic E-state index is 12.6. The molecule has 5 nitrogen and oxygen atoms in total. The van der Waals surface area contributed by atoms with Crippen LogP contribution in [0.4, 0.5) is 0 Å². The van der Waals surface area contributed by atoms with Gasteiger partial charge in [-0.25, -0.2) is 4.79 Å². The minimum absolute atomic E-state index is 0.0838. The molecule has 0 atom stereocenters. The Bertz CT molecular complexity index is 1150. The monoisotopic (exact) mass is 294 g/mol. The fourth-order valence-corrected chi connectivity index (χ4v) is 2.62. The Morgan fingerprint density at radius 3 is 2.45 bits per heavy atom. The van der Waals surface area contributed by atoms with Crippen LogP contribution in [0, 0.1) is 0 Å². The van der Waals surface area contributed by atoms with Crippen LogP contribution in [0.15, 0.2) is 60.9 Å². The lowest BCUT2D eigenvalue weighted by atomic mass is 10.1. The van der Waals surface area contributed by atoms with Gasteiger partial charge in [0, 0.05) is 0 Å². The third-order valence-electron chi connectivity index (χ3n) is 3.64. The summed E-state index contributed by atoms with van der Waals surface area (Å²) in [5.41, 5.74) is -0.216. The van der Waals surface area contributed by atoms with Crippen molar-refractivity contribution in [2.45, 2.75) is 0 Å².